The summed E-state index contributed by atoms with van der Waals surface area (Å²) in [5, 5.41) is 12.3. The molecule has 9 heteroatoms. The van der Waals surface area contributed by atoms with Crippen LogP contribution in [0.1, 0.15) is 88.2 Å². The lowest BCUT2D eigenvalue weighted by atomic mass is 9.69. The van der Waals surface area contributed by atoms with E-state index < -0.39 is 38.2 Å². The highest BCUT2D eigenvalue weighted by atomic mass is 32.2. The van der Waals surface area contributed by atoms with Crippen LogP contribution in [0.2, 0.25) is 0 Å². The maximum absolute atomic E-state index is 15.5. The van der Waals surface area contributed by atoms with Crippen LogP contribution >= 0.6 is 0 Å². The van der Waals surface area contributed by atoms with E-state index in [-0.39, 0.29) is 24.2 Å². The molecule has 1 amide bonds. The Bertz CT molecular complexity index is 1330. The van der Waals surface area contributed by atoms with Gasteiger partial charge in [0.2, 0.25) is 10.0 Å². The zero-order valence-electron chi connectivity index (χ0n) is 23.1. The summed E-state index contributed by atoms with van der Waals surface area (Å²) in [6.45, 7) is 7.21. The van der Waals surface area contributed by atoms with Gasteiger partial charge >= 0.3 is 6.09 Å². The molecule has 2 atom stereocenters. The summed E-state index contributed by atoms with van der Waals surface area (Å²) in [6.07, 6.45) is 2.82. The molecule has 4 rings (SSSR count). The molecule has 0 bridgehead atoms. The van der Waals surface area contributed by atoms with Crippen molar-refractivity contribution in [1.82, 2.24) is 9.62 Å². The molecule has 1 aliphatic heterocycles. The van der Waals surface area contributed by atoms with Gasteiger partial charge in [0.15, 0.2) is 0 Å². The molecule has 2 aliphatic rings. The molecule has 1 N–H and O–H groups in total. The van der Waals surface area contributed by atoms with E-state index in [1.165, 1.54) is 10.4 Å². The van der Waals surface area contributed by atoms with Crippen LogP contribution in [-0.2, 0) is 26.7 Å². The maximum atomic E-state index is 15.5. The third-order valence-electron chi connectivity index (χ3n) is 7.90. The lowest BCUT2D eigenvalue weighted by Gasteiger charge is -2.38. The molecule has 0 radical (unpaired) electrons. The predicted octanol–water partition coefficient (Wildman–Crippen LogP) is 6.11. The van der Waals surface area contributed by atoms with Crippen molar-refractivity contribution in [2.75, 3.05) is 0 Å². The number of amides is 1. The van der Waals surface area contributed by atoms with E-state index in [2.05, 4.69) is 11.4 Å². The van der Waals surface area contributed by atoms with Crippen LogP contribution in [0.5, 0.6) is 0 Å². The summed E-state index contributed by atoms with van der Waals surface area (Å²) in [6, 6.07) is 16.0. The van der Waals surface area contributed by atoms with Gasteiger partial charge in [-0.15, -0.1) is 0 Å². The Hall–Kier alpha value is -2.96. The zero-order valence-corrected chi connectivity index (χ0v) is 23.9. The molecule has 2 aromatic rings. The van der Waals surface area contributed by atoms with Crippen LogP contribution in [0, 0.1) is 17.1 Å². The topological polar surface area (TPSA) is 99.5 Å². The average Bonchev–Trinajstić information content (AvgIpc) is 2.87. The van der Waals surface area contributed by atoms with Crippen molar-refractivity contribution in [2.45, 2.75) is 101 Å². The maximum Gasteiger partial charge on any atom is 0.407 e. The van der Waals surface area contributed by atoms with E-state index in [1.54, 1.807) is 32.9 Å². The summed E-state index contributed by atoms with van der Waals surface area (Å²) in [4.78, 5) is 12.1. The van der Waals surface area contributed by atoms with Crippen molar-refractivity contribution in [1.29, 1.82) is 5.26 Å². The van der Waals surface area contributed by atoms with Crippen LogP contribution < -0.4 is 5.32 Å². The molecule has 1 aliphatic carbocycles. The van der Waals surface area contributed by atoms with Gasteiger partial charge in [-0.25, -0.2) is 17.6 Å². The zero-order chi connectivity index (χ0) is 28.4. The fourth-order valence-corrected chi connectivity index (χ4v) is 7.88. The van der Waals surface area contributed by atoms with E-state index in [4.69, 9.17) is 4.74 Å². The summed E-state index contributed by atoms with van der Waals surface area (Å²) in [7, 11) is -3.69. The number of alkyl carbamates (subject to hydrolysis) is 1. The second-order valence-electron chi connectivity index (χ2n) is 11.8. The number of nitrogens with one attached hydrogen (secondary N) is 1. The minimum atomic E-state index is -3.69. The van der Waals surface area contributed by atoms with E-state index in [0.29, 0.717) is 44.1 Å². The number of carbonyl (C=O) groups excluding carboxylic acids is 1. The molecule has 0 unspecified atom stereocenters. The lowest BCUT2D eigenvalue weighted by molar-refractivity contribution is 0.0487. The largest absolute Gasteiger partial charge is 0.444 e. The summed E-state index contributed by atoms with van der Waals surface area (Å²) in [5.41, 5.74) is 0.157. The number of ether oxygens (including phenoxy) is 1. The first kappa shape index (κ1) is 29.0. The highest BCUT2D eigenvalue weighted by Gasteiger charge is 2.41. The minimum absolute atomic E-state index is 0.0552. The van der Waals surface area contributed by atoms with Crippen LogP contribution in [0.4, 0.5) is 9.18 Å². The molecule has 210 valence electrons. The van der Waals surface area contributed by atoms with Crippen LogP contribution in [-0.4, -0.2) is 36.5 Å². The number of hydrogen-bond acceptors (Lipinski definition) is 5. The second-order valence-corrected chi connectivity index (χ2v) is 13.9. The Labute approximate surface area is 231 Å². The minimum Gasteiger partial charge on any atom is -0.444 e. The predicted molar refractivity (Wildman–Crippen MR) is 148 cm³/mol. The van der Waals surface area contributed by atoms with Crippen molar-refractivity contribution >= 4 is 16.1 Å². The first-order valence-electron chi connectivity index (χ1n) is 13.6. The highest BCUT2D eigenvalue weighted by Crippen LogP contribution is 2.41. The van der Waals surface area contributed by atoms with Gasteiger partial charge in [0.25, 0.3) is 0 Å². The average molecular weight is 556 g/mol. The standard InChI is InChI=1S/C30H38FN3O4S/c1-21-10-13-27(22-8-6-5-7-9-22)39(36,37)34(21)19-23-11-12-24(18-26(23)31)30(20-32)16-14-25(15-17-30)33-28(35)38-29(2,3)4/h5-9,11-12,18,21,25,27H,10,13-17,19H2,1-4H3,(H,33,35)/t21-,25?,27+,30?/m0/s1. The van der Waals surface area contributed by atoms with Gasteiger partial charge in [-0.3, -0.25) is 0 Å². The van der Waals surface area contributed by atoms with E-state index in [0.717, 1.165) is 5.56 Å². The van der Waals surface area contributed by atoms with Gasteiger partial charge in [-0.1, -0.05) is 42.5 Å². The molecule has 1 saturated heterocycles. The van der Waals surface area contributed by atoms with Crippen molar-refractivity contribution in [3.63, 3.8) is 0 Å². The monoisotopic (exact) mass is 555 g/mol. The molecule has 2 fully saturated rings. The van der Waals surface area contributed by atoms with Gasteiger partial charge in [0.1, 0.15) is 16.7 Å². The number of halogens is 1. The molecule has 2 aromatic carbocycles. The molecule has 7 nitrogen and oxygen atoms in total. The number of nitriles is 1. The van der Waals surface area contributed by atoms with Crippen molar-refractivity contribution in [3.05, 3.63) is 71.0 Å². The molecule has 0 aromatic heterocycles. The first-order chi connectivity index (χ1) is 18.3. The van der Waals surface area contributed by atoms with Gasteiger partial charge < -0.3 is 10.1 Å². The van der Waals surface area contributed by atoms with Crippen LogP contribution in [0.3, 0.4) is 0 Å². The number of carbonyl (C=O) groups is 1. The van der Waals surface area contributed by atoms with Gasteiger partial charge in [0, 0.05) is 24.2 Å². The van der Waals surface area contributed by atoms with Crippen LogP contribution in [0.15, 0.2) is 48.5 Å². The summed E-state index contributed by atoms with van der Waals surface area (Å²) >= 11 is 0. The quantitative estimate of drug-likeness (QED) is 0.480. The second kappa shape index (κ2) is 11.3. The van der Waals surface area contributed by atoms with E-state index in [1.807, 2.05) is 37.3 Å². The van der Waals surface area contributed by atoms with Crippen molar-refractivity contribution in [3.8, 4) is 6.07 Å². The number of benzene rings is 2. The summed E-state index contributed by atoms with van der Waals surface area (Å²) in [5.74, 6) is -0.514. The Morgan fingerprint density at radius 3 is 2.38 bits per heavy atom. The molecule has 39 heavy (non-hydrogen) atoms. The molecule has 1 saturated carbocycles. The van der Waals surface area contributed by atoms with Gasteiger partial charge in [-0.2, -0.15) is 9.57 Å². The number of rotatable bonds is 5. The molecular formula is C30H38FN3O4S. The Balaban J connectivity index is 1.47. The SMILES string of the molecule is C[C@H]1CC[C@H](c2ccccc2)S(=O)(=O)N1Cc1ccc(C2(C#N)CCC(NC(=O)OC(C)(C)C)CC2)cc1F. The third kappa shape index (κ3) is 6.44. The Morgan fingerprint density at radius 1 is 1.13 bits per heavy atom. The fraction of sp³-hybridized carbons (Fsp3) is 0.533. The lowest BCUT2D eigenvalue weighted by Crippen LogP contribution is -2.45. The van der Waals surface area contributed by atoms with Crippen molar-refractivity contribution < 1.29 is 22.3 Å². The van der Waals surface area contributed by atoms with Crippen molar-refractivity contribution in [2.24, 2.45) is 0 Å². The number of sulfonamides is 1. The molecule has 0 spiro atoms. The highest BCUT2D eigenvalue weighted by molar-refractivity contribution is 7.89. The Morgan fingerprint density at radius 2 is 1.79 bits per heavy atom. The van der Waals surface area contributed by atoms with E-state index in [9.17, 15) is 18.5 Å². The first-order valence-corrected chi connectivity index (χ1v) is 15.1. The smallest absolute Gasteiger partial charge is 0.407 e. The molecule has 1 heterocycles. The molecular weight excluding hydrogens is 517 g/mol. The summed E-state index contributed by atoms with van der Waals surface area (Å²) < 4.78 is 49.3. The van der Waals surface area contributed by atoms with Gasteiger partial charge in [-0.05, 0) is 83.4 Å². The van der Waals surface area contributed by atoms with Gasteiger partial charge in [0.05, 0.1) is 11.5 Å². The number of hydrogen-bond donors (Lipinski definition) is 1. The Kier molecular flexibility index (Phi) is 8.38. The fourth-order valence-electron chi connectivity index (χ4n) is 5.69. The normalized spacial score (nSPS) is 27.3. The van der Waals surface area contributed by atoms with E-state index >= 15 is 4.39 Å². The number of nitrogens with zero attached hydrogens (tertiary/aromatic N) is 2. The van der Waals surface area contributed by atoms with Crippen LogP contribution in [0.25, 0.3) is 0 Å². The third-order valence-corrected chi connectivity index (χ3v) is 10.3.